The highest BCUT2D eigenvalue weighted by molar-refractivity contribution is 9.10. The van der Waals surface area contributed by atoms with Gasteiger partial charge in [-0.25, -0.2) is 0 Å². The molecule has 0 amide bonds. The van der Waals surface area contributed by atoms with Gasteiger partial charge in [-0.1, -0.05) is 12.1 Å². The number of hydrogen-bond donors (Lipinski definition) is 2. The molecule has 0 aromatic heterocycles. The molecule has 0 radical (unpaired) electrons. The number of phenolic OH excluding ortho intramolecular Hbond substituents is 1. The Morgan fingerprint density at radius 3 is 2.73 bits per heavy atom. The van der Waals surface area contributed by atoms with E-state index in [-0.39, 0.29) is 5.75 Å². The molecule has 0 aliphatic heterocycles. The van der Waals surface area contributed by atoms with Gasteiger partial charge in [0.05, 0.1) is 4.47 Å². The fraction of sp³-hybridized carbons (Fsp3) is 0.250. The molecule has 0 heterocycles. The van der Waals surface area contributed by atoms with Crippen LogP contribution >= 0.6 is 15.9 Å². The van der Waals surface area contributed by atoms with E-state index in [0.29, 0.717) is 6.54 Å². The zero-order valence-corrected chi connectivity index (χ0v) is 7.85. The summed E-state index contributed by atoms with van der Waals surface area (Å²) in [5.41, 5.74) is 7.17. The van der Waals surface area contributed by atoms with E-state index in [2.05, 4.69) is 15.9 Å². The van der Waals surface area contributed by atoms with Crippen LogP contribution in [0.1, 0.15) is 11.1 Å². The Kier molecular flexibility index (Phi) is 2.52. The third-order valence-electron chi connectivity index (χ3n) is 1.61. The Hall–Kier alpha value is -0.540. The third kappa shape index (κ3) is 1.54. The number of benzene rings is 1. The maximum absolute atomic E-state index is 9.45. The molecule has 0 fully saturated rings. The van der Waals surface area contributed by atoms with Gasteiger partial charge in [0.25, 0.3) is 0 Å². The highest BCUT2D eigenvalue weighted by Crippen LogP contribution is 2.30. The first-order chi connectivity index (χ1) is 5.16. The molecule has 60 valence electrons. The van der Waals surface area contributed by atoms with E-state index in [1.807, 2.05) is 19.1 Å². The average Bonchev–Trinajstić information content (AvgIpc) is 2.01. The van der Waals surface area contributed by atoms with Crippen molar-refractivity contribution < 1.29 is 5.11 Å². The minimum Gasteiger partial charge on any atom is -0.506 e. The van der Waals surface area contributed by atoms with Crippen molar-refractivity contribution >= 4 is 15.9 Å². The van der Waals surface area contributed by atoms with E-state index in [4.69, 9.17) is 5.73 Å². The molecule has 0 spiro atoms. The van der Waals surface area contributed by atoms with Crippen LogP contribution in [0.5, 0.6) is 5.75 Å². The summed E-state index contributed by atoms with van der Waals surface area (Å²) in [5.74, 6) is 0.257. The zero-order chi connectivity index (χ0) is 8.43. The molecule has 0 unspecified atom stereocenters. The second-order valence-corrected chi connectivity index (χ2v) is 3.20. The summed E-state index contributed by atoms with van der Waals surface area (Å²) in [5, 5.41) is 9.45. The Balaban J connectivity index is 3.25. The number of rotatable bonds is 1. The number of aromatic hydroxyl groups is 1. The van der Waals surface area contributed by atoms with Gasteiger partial charge in [-0.15, -0.1) is 0 Å². The number of hydrogen-bond acceptors (Lipinski definition) is 2. The second kappa shape index (κ2) is 3.24. The third-order valence-corrected chi connectivity index (χ3v) is 2.61. The van der Waals surface area contributed by atoms with Gasteiger partial charge in [0, 0.05) is 12.1 Å². The van der Waals surface area contributed by atoms with Gasteiger partial charge in [-0.3, -0.25) is 0 Å². The Labute approximate surface area is 74.2 Å². The molecule has 3 heteroatoms. The molecule has 0 atom stereocenters. The SMILES string of the molecule is Cc1ccc(CN)c(O)c1Br. The van der Waals surface area contributed by atoms with Crippen LogP contribution in [0.2, 0.25) is 0 Å². The predicted octanol–water partition coefficient (Wildman–Crippen LogP) is 1.92. The molecule has 11 heavy (non-hydrogen) atoms. The molecule has 1 rings (SSSR count). The van der Waals surface area contributed by atoms with Crippen LogP contribution in [0.4, 0.5) is 0 Å². The van der Waals surface area contributed by atoms with Crippen molar-refractivity contribution in [2.24, 2.45) is 5.73 Å². The van der Waals surface area contributed by atoms with Gasteiger partial charge in [-0.05, 0) is 28.4 Å². The van der Waals surface area contributed by atoms with Crippen molar-refractivity contribution in [1.82, 2.24) is 0 Å². The summed E-state index contributed by atoms with van der Waals surface area (Å²) in [6.45, 7) is 2.29. The summed E-state index contributed by atoms with van der Waals surface area (Å²) >= 11 is 3.27. The first kappa shape index (κ1) is 8.56. The molecule has 0 saturated heterocycles. The van der Waals surface area contributed by atoms with E-state index >= 15 is 0 Å². The predicted molar refractivity (Wildman–Crippen MR) is 48.4 cm³/mol. The monoisotopic (exact) mass is 215 g/mol. The Morgan fingerprint density at radius 2 is 2.18 bits per heavy atom. The largest absolute Gasteiger partial charge is 0.506 e. The quantitative estimate of drug-likeness (QED) is 0.753. The fourth-order valence-corrected chi connectivity index (χ4v) is 1.26. The second-order valence-electron chi connectivity index (χ2n) is 2.41. The van der Waals surface area contributed by atoms with E-state index < -0.39 is 0 Å². The minimum atomic E-state index is 0.257. The number of phenols is 1. The topological polar surface area (TPSA) is 46.2 Å². The van der Waals surface area contributed by atoms with Crippen molar-refractivity contribution in [3.63, 3.8) is 0 Å². The lowest BCUT2D eigenvalue weighted by Gasteiger charge is -2.05. The van der Waals surface area contributed by atoms with Gasteiger partial charge >= 0.3 is 0 Å². The zero-order valence-electron chi connectivity index (χ0n) is 6.26. The molecule has 0 bridgehead atoms. The van der Waals surface area contributed by atoms with E-state index in [1.165, 1.54) is 0 Å². The van der Waals surface area contributed by atoms with Crippen LogP contribution < -0.4 is 5.73 Å². The molecular formula is C8H10BrNO. The van der Waals surface area contributed by atoms with Crippen molar-refractivity contribution in [2.75, 3.05) is 0 Å². The highest BCUT2D eigenvalue weighted by Gasteiger charge is 2.05. The van der Waals surface area contributed by atoms with Crippen LogP contribution in [0, 0.1) is 6.92 Å². The molecule has 0 aliphatic carbocycles. The van der Waals surface area contributed by atoms with E-state index in [9.17, 15) is 5.11 Å². The van der Waals surface area contributed by atoms with Gasteiger partial charge in [0.2, 0.25) is 0 Å². The average molecular weight is 216 g/mol. The highest BCUT2D eigenvalue weighted by atomic mass is 79.9. The maximum Gasteiger partial charge on any atom is 0.134 e. The van der Waals surface area contributed by atoms with Gasteiger partial charge in [0.15, 0.2) is 0 Å². The van der Waals surface area contributed by atoms with Gasteiger partial charge < -0.3 is 10.8 Å². The molecule has 0 saturated carbocycles. The first-order valence-electron chi connectivity index (χ1n) is 3.34. The number of halogens is 1. The summed E-state index contributed by atoms with van der Waals surface area (Å²) in [4.78, 5) is 0. The molecule has 3 N–H and O–H groups in total. The summed E-state index contributed by atoms with van der Waals surface area (Å²) < 4.78 is 0.737. The lowest BCUT2D eigenvalue weighted by Crippen LogP contribution is -1.97. The van der Waals surface area contributed by atoms with Crippen LogP contribution in [0.3, 0.4) is 0 Å². The fourth-order valence-electron chi connectivity index (χ4n) is 0.870. The standard InChI is InChI=1S/C8H10BrNO/c1-5-2-3-6(4-10)8(11)7(5)9/h2-3,11H,4,10H2,1H3. The Bertz CT molecular complexity index is 273. The number of aryl methyl sites for hydroxylation is 1. The van der Waals surface area contributed by atoms with Crippen molar-refractivity contribution in [3.8, 4) is 5.75 Å². The summed E-state index contributed by atoms with van der Waals surface area (Å²) in [6, 6.07) is 3.75. The van der Waals surface area contributed by atoms with Crippen LogP contribution in [-0.2, 0) is 6.54 Å². The molecule has 0 aliphatic rings. The lowest BCUT2D eigenvalue weighted by molar-refractivity contribution is 0.464. The minimum absolute atomic E-state index is 0.257. The van der Waals surface area contributed by atoms with Crippen molar-refractivity contribution in [2.45, 2.75) is 13.5 Å². The normalized spacial score (nSPS) is 10.1. The van der Waals surface area contributed by atoms with Gasteiger partial charge in [0.1, 0.15) is 5.75 Å². The van der Waals surface area contributed by atoms with E-state index in [1.54, 1.807) is 0 Å². The molecule has 1 aromatic rings. The first-order valence-corrected chi connectivity index (χ1v) is 4.13. The van der Waals surface area contributed by atoms with Crippen LogP contribution in [0.25, 0.3) is 0 Å². The van der Waals surface area contributed by atoms with Crippen LogP contribution in [-0.4, -0.2) is 5.11 Å². The van der Waals surface area contributed by atoms with Crippen LogP contribution in [0.15, 0.2) is 16.6 Å². The van der Waals surface area contributed by atoms with Crippen molar-refractivity contribution in [3.05, 3.63) is 27.7 Å². The summed E-state index contributed by atoms with van der Waals surface area (Å²) in [6.07, 6.45) is 0. The molecule has 2 nitrogen and oxygen atoms in total. The van der Waals surface area contributed by atoms with Crippen molar-refractivity contribution in [1.29, 1.82) is 0 Å². The Morgan fingerprint density at radius 1 is 1.55 bits per heavy atom. The van der Waals surface area contributed by atoms with Gasteiger partial charge in [-0.2, -0.15) is 0 Å². The number of nitrogens with two attached hydrogens (primary N) is 1. The lowest BCUT2D eigenvalue weighted by atomic mass is 10.1. The van der Waals surface area contributed by atoms with E-state index in [0.717, 1.165) is 15.6 Å². The summed E-state index contributed by atoms with van der Waals surface area (Å²) in [7, 11) is 0. The molecular weight excluding hydrogens is 206 g/mol. The maximum atomic E-state index is 9.45. The smallest absolute Gasteiger partial charge is 0.134 e. The molecule has 1 aromatic carbocycles.